The number of anilines is 1. The van der Waals surface area contributed by atoms with E-state index in [-0.39, 0.29) is 11.8 Å². The zero-order valence-electron chi connectivity index (χ0n) is 21.2. The van der Waals surface area contributed by atoms with Gasteiger partial charge in [0.1, 0.15) is 17.8 Å². The smallest absolute Gasteiger partial charge is 0.251 e. The highest BCUT2D eigenvalue weighted by Crippen LogP contribution is 2.27. The third-order valence-electron chi connectivity index (χ3n) is 6.16. The molecule has 0 atom stereocenters. The van der Waals surface area contributed by atoms with Crippen LogP contribution < -0.4 is 21.4 Å². The summed E-state index contributed by atoms with van der Waals surface area (Å²) in [5, 5.41) is 18.9. The van der Waals surface area contributed by atoms with Crippen molar-refractivity contribution in [3.8, 4) is 11.3 Å². The molecule has 0 radical (unpaired) electrons. The highest BCUT2D eigenvalue weighted by molar-refractivity contribution is 5.95. The molecular weight excluding hydrogens is 482 g/mol. The summed E-state index contributed by atoms with van der Waals surface area (Å²) in [7, 11) is 0. The van der Waals surface area contributed by atoms with Crippen LogP contribution in [-0.4, -0.2) is 51.6 Å². The van der Waals surface area contributed by atoms with Crippen molar-refractivity contribution in [3.05, 3.63) is 78.1 Å². The van der Waals surface area contributed by atoms with Gasteiger partial charge in [-0.15, -0.1) is 0 Å². The Bertz CT molecular complexity index is 1320. The van der Waals surface area contributed by atoms with Crippen molar-refractivity contribution in [2.45, 2.75) is 32.2 Å². The number of hydroxylamine groups is 1. The van der Waals surface area contributed by atoms with Crippen LogP contribution in [0.4, 0.5) is 5.82 Å². The largest absolute Gasteiger partial charge is 0.365 e. The summed E-state index contributed by atoms with van der Waals surface area (Å²) in [5.41, 5.74) is 5.99. The number of aromatic amines is 1. The first-order valence-corrected chi connectivity index (χ1v) is 12.8. The Labute approximate surface area is 221 Å². The zero-order chi connectivity index (χ0) is 26.6. The molecule has 0 spiro atoms. The van der Waals surface area contributed by atoms with Crippen LogP contribution >= 0.6 is 0 Å². The predicted molar refractivity (Wildman–Crippen MR) is 147 cm³/mol. The van der Waals surface area contributed by atoms with Crippen LogP contribution in [0.25, 0.3) is 22.3 Å². The molecule has 0 aliphatic heterocycles. The monoisotopic (exact) mass is 515 g/mol. The first kappa shape index (κ1) is 26.8. The van der Waals surface area contributed by atoms with Gasteiger partial charge in [0, 0.05) is 37.3 Å². The molecule has 0 aliphatic carbocycles. The minimum Gasteiger partial charge on any atom is -0.365 e. The number of rotatable bonds is 14. The lowest BCUT2D eigenvalue weighted by Gasteiger charge is -2.07. The third kappa shape index (κ3) is 7.61. The number of benzene rings is 2. The van der Waals surface area contributed by atoms with Gasteiger partial charge in [-0.3, -0.25) is 14.8 Å². The van der Waals surface area contributed by atoms with E-state index >= 15 is 0 Å². The van der Waals surface area contributed by atoms with Gasteiger partial charge in [-0.1, -0.05) is 48.9 Å². The van der Waals surface area contributed by atoms with Crippen molar-refractivity contribution >= 4 is 28.7 Å². The Hall–Kier alpha value is -4.28. The van der Waals surface area contributed by atoms with E-state index in [4.69, 9.17) is 5.21 Å². The normalized spacial score (nSPS) is 10.9. The topological polar surface area (TPSA) is 144 Å². The second-order valence-corrected chi connectivity index (χ2v) is 8.94. The summed E-state index contributed by atoms with van der Waals surface area (Å²) in [6, 6.07) is 19.6. The molecular formula is C28H33N7O3. The molecule has 0 saturated heterocycles. The molecule has 4 rings (SSSR count). The molecule has 6 N–H and O–H groups in total. The fraction of sp³-hybridized carbons (Fsp3) is 0.286. The number of hydrogen-bond donors (Lipinski definition) is 6. The maximum atomic E-state index is 12.5. The Morgan fingerprint density at radius 1 is 0.895 bits per heavy atom. The molecule has 10 heteroatoms. The lowest BCUT2D eigenvalue weighted by atomic mass is 10.1. The second kappa shape index (κ2) is 13.9. The van der Waals surface area contributed by atoms with Gasteiger partial charge in [0.25, 0.3) is 5.91 Å². The number of nitrogens with zero attached hydrogens (tertiary/aromatic N) is 2. The molecule has 38 heavy (non-hydrogen) atoms. The molecule has 2 aromatic carbocycles. The van der Waals surface area contributed by atoms with Crippen LogP contribution in [0, 0.1) is 0 Å². The van der Waals surface area contributed by atoms with Crippen LogP contribution in [-0.2, 0) is 11.3 Å². The molecule has 198 valence electrons. The molecule has 2 amide bonds. The standard InChI is InChI=1S/C28H33N7O3/c36-25(35-38)9-5-2-6-14-29-15-16-30-28(37)22-12-10-21(11-13-22)24-17-23-26(32-19-33-27(23)34-24)31-18-20-7-3-1-4-8-20/h1,3-4,7-8,10-13,17,19,29,38H,2,5-6,9,14-16,18H2,(H,30,37)(H,35,36)(H2,31,32,33,34). The van der Waals surface area contributed by atoms with Gasteiger partial charge in [-0.25, -0.2) is 15.4 Å². The highest BCUT2D eigenvalue weighted by Gasteiger charge is 2.11. The summed E-state index contributed by atoms with van der Waals surface area (Å²) in [6.45, 7) is 2.66. The number of hydrogen-bond acceptors (Lipinski definition) is 7. The van der Waals surface area contributed by atoms with E-state index in [1.165, 1.54) is 11.9 Å². The Morgan fingerprint density at radius 2 is 1.71 bits per heavy atom. The van der Waals surface area contributed by atoms with Crippen LogP contribution in [0.5, 0.6) is 0 Å². The molecule has 2 heterocycles. The van der Waals surface area contributed by atoms with Crippen LogP contribution in [0.2, 0.25) is 0 Å². The summed E-state index contributed by atoms with van der Waals surface area (Å²) < 4.78 is 0. The number of nitrogens with one attached hydrogen (secondary N) is 5. The predicted octanol–water partition coefficient (Wildman–Crippen LogP) is 3.62. The minimum atomic E-state index is -0.356. The van der Waals surface area contributed by atoms with E-state index in [2.05, 4.69) is 43.0 Å². The van der Waals surface area contributed by atoms with Gasteiger partial charge in [-0.05, 0) is 48.7 Å². The number of amides is 2. The molecule has 0 unspecified atom stereocenters. The van der Waals surface area contributed by atoms with Crippen molar-refractivity contribution in [2.75, 3.05) is 25.0 Å². The molecule has 10 nitrogen and oxygen atoms in total. The quantitative estimate of drug-likeness (QED) is 0.0855. The van der Waals surface area contributed by atoms with Crippen molar-refractivity contribution < 1.29 is 14.8 Å². The molecule has 0 aliphatic rings. The maximum absolute atomic E-state index is 12.5. The number of unbranched alkanes of at least 4 members (excludes halogenated alkanes) is 2. The van der Waals surface area contributed by atoms with E-state index in [0.29, 0.717) is 31.6 Å². The van der Waals surface area contributed by atoms with E-state index in [9.17, 15) is 9.59 Å². The van der Waals surface area contributed by atoms with Crippen molar-refractivity contribution in [3.63, 3.8) is 0 Å². The maximum Gasteiger partial charge on any atom is 0.251 e. The first-order chi connectivity index (χ1) is 18.6. The fourth-order valence-electron chi connectivity index (χ4n) is 4.08. The molecule has 0 bridgehead atoms. The number of fused-ring (bicyclic) bond motifs is 1. The van der Waals surface area contributed by atoms with Gasteiger partial charge in [-0.2, -0.15) is 0 Å². The van der Waals surface area contributed by atoms with Gasteiger partial charge in [0.15, 0.2) is 0 Å². The summed E-state index contributed by atoms with van der Waals surface area (Å²) >= 11 is 0. The van der Waals surface area contributed by atoms with Gasteiger partial charge < -0.3 is 20.9 Å². The van der Waals surface area contributed by atoms with Gasteiger partial charge >= 0.3 is 0 Å². The van der Waals surface area contributed by atoms with Gasteiger partial charge in [0.2, 0.25) is 5.91 Å². The molecule has 0 saturated carbocycles. The van der Waals surface area contributed by atoms with E-state index in [1.807, 2.05) is 48.5 Å². The SMILES string of the molecule is O=C(CCCCCNCCNC(=O)c1ccc(-c2cc3c(NCc4ccccc4)ncnc3[nH]2)cc1)NO. The van der Waals surface area contributed by atoms with Crippen LogP contribution in [0.15, 0.2) is 67.0 Å². The number of carbonyl (C=O) groups is 2. The third-order valence-corrected chi connectivity index (χ3v) is 6.16. The van der Waals surface area contributed by atoms with E-state index in [0.717, 1.165) is 53.9 Å². The Morgan fingerprint density at radius 3 is 2.50 bits per heavy atom. The van der Waals surface area contributed by atoms with Crippen molar-refractivity contribution in [2.24, 2.45) is 0 Å². The van der Waals surface area contributed by atoms with E-state index < -0.39 is 0 Å². The Kier molecular flexibility index (Phi) is 9.77. The molecule has 2 aromatic heterocycles. The fourth-order valence-corrected chi connectivity index (χ4v) is 4.08. The zero-order valence-corrected chi connectivity index (χ0v) is 21.2. The van der Waals surface area contributed by atoms with Crippen LogP contribution in [0.1, 0.15) is 41.6 Å². The summed E-state index contributed by atoms with van der Waals surface area (Å²) in [4.78, 5) is 35.6. The average molecular weight is 516 g/mol. The van der Waals surface area contributed by atoms with Crippen LogP contribution in [0.3, 0.4) is 0 Å². The molecule has 0 fully saturated rings. The van der Waals surface area contributed by atoms with E-state index in [1.54, 1.807) is 5.48 Å². The van der Waals surface area contributed by atoms with Gasteiger partial charge in [0.05, 0.1) is 5.39 Å². The lowest BCUT2D eigenvalue weighted by molar-refractivity contribution is -0.129. The summed E-state index contributed by atoms with van der Waals surface area (Å²) in [6.07, 6.45) is 4.43. The Balaban J connectivity index is 1.24. The average Bonchev–Trinajstić information content (AvgIpc) is 3.40. The molecule has 4 aromatic rings. The van der Waals surface area contributed by atoms with Crippen molar-refractivity contribution in [1.29, 1.82) is 0 Å². The van der Waals surface area contributed by atoms with Crippen molar-refractivity contribution in [1.82, 2.24) is 31.1 Å². The number of carbonyl (C=O) groups excluding carboxylic acids is 2. The second-order valence-electron chi connectivity index (χ2n) is 8.94. The first-order valence-electron chi connectivity index (χ1n) is 12.8. The number of H-pyrrole nitrogens is 1. The number of aromatic nitrogens is 3. The summed E-state index contributed by atoms with van der Waals surface area (Å²) in [5.74, 6) is 0.286. The minimum absolute atomic E-state index is 0.122. The lowest BCUT2D eigenvalue weighted by Crippen LogP contribution is -2.32. The highest BCUT2D eigenvalue weighted by atomic mass is 16.5.